The van der Waals surface area contributed by atoms with Gasteiger partial charge in [0.15, 0.2) is 0 Å². The van der Waals surface area contributed by atoms with E-state index in [9.17, 15) is 14.0 Å². The summed E-state index contributed by atoms with van der Waals surface area (Å²) in [5.41, 5.74) is 3.21. The molecular formula is C23H19FN4O4. The highest BCUT2D eigenvalue weighted by Gasteiger charge is 2.28. The third-order valence-electron chi connectivity index (χ3n) is 4.90. The Morgan fingerprint density at radius 2 is 1.59 bits per heavy atom. The van der Waals surface area contributed by atoms with Crippen molar-refractivity contribution in [3.8, 4) is 5.69 Å². The molecule has 1 aromatic heterocycles. The third-order valence-corrected chi connectivity index (χ3v) is 4.90. The van der Waals surface area contributed by atoms with E-state index in [1.807, 2.05) is 13.0 Å². The molecular weight excluding hydrogens is 415 g/mol. The van der Waals surface area contributed by atoms with Crippen LogP contribution in [0, 0.1) is 12.7 Å². The smallest absolute Gasteiger partial charge is 0.355 e. The van der Waals surface area contributed by atoms with E-state index < -0.39 is 11.9 Å². The van der Waals surface area contributed by atoms with Crippen molar-refractivity contribution in [2.24, 2.45) is 0 Å². The minimum absolute atomic E-state index is 0.0118. The van der Waals surface area contributed by atoms with E-state index >= 15 is 0 Å². The fourth-order valence-corrected chi connectivity index (χ4v) is 3.36. The Labute approximate surface area is 182 Å². The van der Waals surface area contributed by atoms with Gasteiger partial charge >= 0.3 is 11.9 Å². The van der Waals surface area contributed by atoms with Gasteiger partial charge in [0.2, 0.25) is 0 Å². The summed E-state index contributed by atoms with van der Waals surface area (Å²) in [5, 5.41) is 8.95. The van der Waals surface area contributed by atoms with Crippen molar-refractivity contribution in [1.29, 1.82) is 0 Å². The molecule has 1 aliphatic rings. The highest BCUT2D eigenvalue weighted by Crippen LogP contribution is 2.31. The van der Waals surface area contributed by atoms with E-state index in [1.165, 1.54) is 37.2 Å². The number of esters is 2. The molecule has 2 aromatic carbocycles. The summed E-state index contributed by atoms with van der Waals surface area (Å²) in [4.78, 5) is 28.0. The molecule has 0 saturated heterocycles. The predicted molar refractivity (Wildman–Crippen MR) is 115 cm³/mol. The molecule has 0 N–H and O–H groups in total. The van der Waals surface area contributed by atoms with Crippen molar-refractivity contribution in [3.63, 3.8) is 0 Å². The summed E-state index contributed by atoms with van der Waals surface area (Å²) in [5.74, 6) is -1.72. The second kappa shape index (κ2) is 8.46. The monoisotopic (exact) mass is 434 g/mol. The number of halogens is 1. The summed E-state index contributed by atoms with van der Waals surface area (Å²) in [6.45, 7) is 1.85. The molecule has 0 atom stereocenters. The Morgan fingerprint density at radius 1 is 0.938 bits per heavy atom. The normalized spacial score (nSPS) is 13.4. The quantitative estimate of drug-likeness (QED) is 0.582. The van der Waals surface area contributed by atoms with Crippen molar-refractivity contribution in [2.45, 2.75) is 6.92 Å². The summed E-state index contributed by atoms with van der Waals surface area (Å²) in [6.07, 6.45) is 6.47. The number of hydrogen-bond acceptors (Lipinski definition) is 7. The Balaban J connectivity index is 1.87. The van der Waals surface area contributed by atoms with Crippen LogP contribution in [0.1, 0.15) is 5.56 Å². The number of aryl methyl sites for hydroxylation is 1. The van der Waals surface area contributed by atoms with Crippen LogP contribution in [0.15, 0.2) is 72.1 Å². The molecule has 162 valence electrons. The van der Waals surface area contributed by atoms with Crippen LogP contribution in [-0.2, 0) is 19.1 Å². The number of anilines is 1. The lowest BCUT2D eigenvalue weighted by Gasteiger charge is -2.24. The standard InChI is InChI=1S/C23H19FN4O4/c1-14-12-18-19(26-28(25-18)16-9-7-15(24)8-10-16)13-20(14)27-11-5-4-6-17(22(29)31-2)21(27)23(30)32-3/h4-13H,1-3H3. The van der Waals surface area contributed by atoms with Gasteiger partial charge in [-0.25, -0.2) is 14.0 Å². The first-order valence-electron chi connectivity index (χ1n) is 9.61. The summed E-state index contributed by atoms with van der Waals surface area (Å²) >= 11 is 0. The summed E-state index contributed by atoms with van der Waals surface area (Å²) in [6, 6.07) is 9.38. The lowest BCUT2D eigenvalue weighted by molar-refractivity contribution is -0.139. The number of ether oxygens (including phenoxy) is 2. The number of hydrogen-bond donors (Lipinski definition) is 0. The Hall–Kier alpha value is -4.27. The maximum absolute atomic E-state index is 13.3. The van der Waals surface area contributed by atoms with E-state index in [0.29, 0.717) is 22.4 Å². The predicted octanol–water partition coefficient (Wildman–Crippen LogP) is 3.36. The minimum atomic E-state index is -0.698. The molecule has 9 heteroatoms. The number of carbonyl (C=O) groups is 2. The number of rotatable bonds is 4. The van der Waals surface area contributed by atoms with Crippen molar-refractivity contribution in [3.05, 3.63) is 83.5 Å². The molecule has 0 fully saturated rings. The number of aromatic nitrogens is 3. The molecule has 0 saturated carbocycles. The van der Waals surface area contributed by atoms with E-state index in [0.717, 1.165) is 5.56 Å². The van der Waals surface area contributed by atoms with Crippen LogP contribution < -0.4 is 4.90 Å². The second-order valence-corrected chi connectivity index (χ2v) is 6.91. The molecule has 0 spiro atoms. The molecule has 0 bridgehead atoms. The second-order valence-electron chi connectivity index (χ2n) is 6.91. The molecule has 1 aliphatic heterocycles. The van der Waals surface area contributed by atoms with Gasteiger partial charge in [0.05, 0.1) is 31.2 Å². The average molecular weight is 434 g/mol. The van der Waals surface area contributed by atoms with Gasteiger partial charge in [0.25, 0.3) is 0 Å². The van der Waals surface area contributed by atoms with Crippen LogP contribution >= 0.6 is 0 Å². The Morgan fingerprint density at radius 3 is 2.25 bits per heavy atom. The number of nitrogens with zero attached hydrogens (tertiary/aromatic N) is 4. The minimum Gasteiger partial charge on any atom is -0.465 e. The number of allylic oxidation sites excluding steroid dienone is 2. The van der Waals surface area contributed by atoms with Crippen LogP contribution in [0.2, 0.25) is 0 Å². The number of methoxy groups -OCH3 is 2. The van der Waals surface area contributed by atoms with Crippen LogP contribution in [0.3, 0.4) is 0 Å². The lowest BCUT2D eigenvalue weighted by Crippen LogP contribution is -2.27. The van der Waals surface area contributed by atoms with Gasteiger partial charge in [-0.05, 0) is 61.0 Å². The van der Waals surface area contributed by atoms with Crippen LogP contribution in [0.5, 0.6) is 0 Å². The molecule has 8 nitrogen and oxygen atoms in total. The first kappa shape index (κ1) is 21.0. The van der Waals surface area contributed by atoms with Gasteiger partial charge in [-0.2, -0.15) is 4.80 Å². The summed E-state index contributed by atoms with van der Waals surface area (Å²) < 4.78 is 23.1. The molecule has 0 amide bonds. The molecule has 4 rings (SSSR count). The van der Waals surface area contributed by atoms with E-state index in [2.05, 4.69) is 10.2 Å². The molecule has 2 heterocycles. The number of fused-ring (bicyclic) bond motifs is 1. The Bertz CT molecular complexity index is 1310. The zero-order valence-electron chi connectivity index (χ0n) is 17.6. The van der Waals surface area contributed by atoms with Crippen molar-refractivity contribution >= 4 is 28.7 Å². The van der Waals surface area contributed by atoms with Crippen LogP contribution in [-0.4, -0.2) is 41.2 Å². The molecule has 0 aliphatic carbocycles. The number of carbonyl (C=O) groups excluding carboxylic acids is 2. The molecule has 32 heavy (non-hydrogen) atoms. The SMILES string of the molecule is COC(=O)C1=C(C(=O)OC)N(c2cc3nn(-c4ccc(F)cc4)nc3cc2C)C=CC=C1. The highest BCUT2D eigenvalue weighted by atomic mass is 19.1. The largest absolute Gasteiger partial charge is 0.465 e. The van der Waals surface area contributed by atoms with Crippen molar-refractivity contribution in [1.82, 2.24) is 15.0 Å². The average Bonchev–Trinajstić information content (AvgIpc) is 3.07. The van der Waals surface area contributed by atoms with Gasteiger partial charge in [-0.3, -0.25) is 0 Å². The maximum atomic E-state index is 13.3. The molecule has 3 aromatic rings. The number of benzene rings is 2. The first-order valence-corrected chi connectivity index (χ1v) is 9.61. The fourth-order valence-electron chi connectivity index (χ4n) is 3.36. The van der Waals surface area contributed by atoms with Gasteiger partial charge in [-0.1, -0.05) is 6.08 Å². The van der Waals surface area contributed by atoms with Gasteiger partial charge in [-0.15, -0.1) is 10.2 Å². The zero-order valence-corrected chi connectivity index (χ0v) is 17.6. The van der Waals surface area contributed by atoms with Crippen LogP contribution in [0.25, 0.3) is 16.7 Å². The first-order chi connectivity index (χ1) is 15.4. The topological polar surface area (TPSA) is 86.6 Å². The lowest BCUT2D eigenvalue weighted by atomic mass is 10.1. The molecule has 0 radical (unpaired) electrons. The van der Waals surface area contributed by atoms with Gasteiger partial charge in [0.1, 0.15) is 22.5 Å². The Kier molecular flexibility index (Phi) is 5.55. The van der Waals surface area contributed by atoms with E-state index in [1.54, 1.807) is 41.5 Å². The van der Waals surface area contributed by atoms with E-state index in [-0.39, 0.29) is 17.1 Å². The third kappa shape index (κ3) is 3.76. The highest BCUT2D eigenvalue weighted by molar-refractivity contribution is 6.05. The fraction of sp³-hybridized carbons (Fsp3) is 0.130. The summed E-state index contributed by atoms with van der Waals surface area (Å²) in [7, 11) is 2.48. The maximum Gasteiger partial charge on any atom is 0.355 e. The van der Waals surface area contributed by atoms with Gasteiger partial charge < -0.3 is 14.4 Å². The van der Waals surface area contributed by atoms with Gasteiger partial charge in [0, 0.05) is 6.20 Å². The van der Waals surface area contributed by atoms with Crippen LogP contribution in [0.4, 0.5) is 10.1 Å². The van der Waals surface area contributed by atoms with Crippen molar-refractivity contribution < 1.29 is 23.5 Å². The molecule has 0 unspecified atom stereocenters. The van der Waals surface area contributed by atoms with Crippen molar-refractivity contribution in [2.75, 3.05) is 19.1 Å². The zero-order chi connectivity index (χ0) is 22.8. The van der Waals surface area contributed by atoms with E-state index in [4.69, 9.17) is 9.47 Å².